The number of nitrogens with zero attached hydrogens (tertiary/aromatic N) is 1. The van der Waals surface area contributed by atoms with Gasteiger partial charge in [0.1, 0.15) is 0 Å². The molecule has 0 fully saturated rings. The highest BCUT2D eigenvalue weighted by molar-refractivity contribution is 5.74. The molecule has 1 aromatic heterocycles. The van der Waals surface area contributed by atoms with Crippen molar-refractivity contribution in [2.45, 2.75) is 6.54 Å². The van der Waals surface area contributed by atoms with Crippen LogP contribution in [0.1, 0.15) is 11.1 Å². The van der Waals surface area contributed by atoms with Crippen LogP contribution < -0.4 is 17.0 Å². The first-order valence-corrected chi connectivity index (χ1v) is 6.45. The number of aromatic nitrogens is 1. The van der Waals surface area contributed by atoms with E-state index in [4.69, 9.17) is 0 Å². The Kier molecular flexibility index (Phi) is 4.54. The summed E-state index contributed by atoms with van der Waals surface area (Å²) >= 11 is 0. The molecule has 0 aliphatic carbocycles. The molecule has 2 heteroatoms. The van der Waals surface area contributed by atoms with Crippen molar-refractivity contribution in [2.24, 2.45) is 0 Å². The van der Waals surface area contributed by atoms with Crippen LogP contribution in [0.15, 0.2) is 73.4 Å². The molecule has 0 amide bonds. The average Bonchev–Trinajstić information content (AvgIpc) is 2.48. The second kappa shape index (κ2) is 6.36. The maximum atomic E-state index is 3.78. The Morgan fingerprint density at radius 2 is 1.60 bits per heavy atom. The molecule has 3 aromatic rings. The molecular weight excluding hydrogens is 266 g/mol. The van der Waals surface area contributed by atoms with Crippen molar-refractivity contribution in [3.05, 3.63) is 84.6 Å². The van der Waals surface area contributed by atoms with Gasteiger partial charge in [-0.1, -0.05) is 49.1 Å². The van der Waals surface area contributed by atoms with Crippen LogP contribution in [0.4, 0.5) is 0 Å². The molecular formula is C18H16ClN. The molecule has 3 rings (SSSR count). The van der Waals surface area contributed by atoms with E-state index in [2.05, 4.69) is 78.0 Å². The second-order valence-corrected chi connectivity index (χ2v) is 4.64. The van der Waals surface area contributed by atoms with E-state index in [1.54, 1.807) is 0 Å². The highest BCUT2D eigenvalue weighted by Crippen LogP contribution is 2.10. The Balaban J connectivity index is 0.00000147. The molecule has 1 nitrogen and oxygen atoms in total. The van der Waals surface area contributed by atoms with Gasteiger partial charge >= 0.3 is 0 Å². The molecule has 1 heterocycles. The topological polar surface area (TPSA) is 3.88 Å². The summed E-state index contributed by atoms with van der Waals surface area (Å²) in [6.07, 6.45) is 4.00. The quantitative estimate of drug-likeness (QED) is 0.626. The lowest BCUT2D eigenvalue weighted by atomic mass is 10.1. The summed E-state index contributed by atoms with van der Waals surface area (Å²) < 4.78 is 2.28. The number of hydrogen-bond acceptors (Lipinski definition) is 0. The number of para-hydroxylation sites is 1. The van der Waals surface area contributed by atoms with Gasteiger partial charge in [-0.2, -0.15) is 4.57 Å². The third kappa shape index (κ3) is 2.89. The zero-order valence-corrected chi connectivity index (χ0v) is 11.9. The predicted molar refractivity (Wildman–Crippen MR) is 79.8 cm³/mol. The van der Waals surface area contributed by atoms with Crippen molar-refractivity contribution in [1.82, 2.24) is 0 Å². The van der Waals surface area contributed by atoms with E-state index in [0.717, 1.165) is 12.1 Å². The number of rotatable bonds is 3. The maximum Gasteiger partial charge on any atom is 0.212 e. The van der Waals surface area contributed by atoms with E-state index in [0.29, 0.717) is 0 Å². The molecule has 2 aromatic carbocycles. The molecule has 0 atom stereocenters. The summed E-state index contributed by atoms with van der Waals surface area (Å²) in [7, 11) is 0. The van der Waals surface area contributed by atoms with Crippen LogP contribution in [0.5, 0.6) is 0 Å². The van der Waals surface area contributed by atoms with E-state index in [9.17, 15) is 0 Å². The Morgan fingerprint density at radius 1 is 0.900 bits per heavy atom. The van der Waals surface area contributed by atoms with Crippen molar-refractivity contribution < 1.29 is 17.0 Å². The van der Waals surface area contributed by atoms with Crippen LogP contribution in [-0.4, -0.2) is 0 Å². The Morgan fingerprint density at radius 3 is 2.35 bits per heavy atom. The summed E-state index contributed by atoms with van der Waals surface area (Å²) in [5, 5.41) is 1.27. The summed E-state index contributed by atoms with van der Waals surface area (Å²) in [4.78, 5) is 0. The van der Waals surface area contributed by atoms with Gasteiger partial charge in [-0.05, 0) is 17.7 Å². The Labute approximate surface area is 125 Å². The third-order valence-electron chi connectivity index (χ3n) is 3.36. The van der Waals surface area contributed by atoms with E-state index in [-0.39, 0.29) is 12.4 Å². The van der Waals surface area contributed by atoms with E-state index in [1.165, 1.54) is 16.5 Å². The summed E-state index contributed by atoms with van der Waals surface area (Å²) in [5.41, 5.74) is 3.72. The molecule has 0 unspecified atom stereocenters. The molecule has 0 N–H and O–H groups in total. The first kappa shape index (κ1) is 14.3. The summed E-state index contributed by atoms with van der Waals surface area (Å²) in [6, 6.07) is 21.2. The van der Waals surface area contributed by atoms with Gasteiger partial charge in [0.05, 0.1) is 0 Å². The van der Waals surface area contributed by atoms with E-state index < -0.39 is 0 Å². The Hall–Kier alpha value is -2.12. The molecule has 0 bridgehead atoms. The molecule has 0 radical (unpaired) electrons. The van der Waals surface area contributed by atoms with Crippen LogP contribution >= 0.6 is 0 Å². The number of benzene rings is 2. The van der Waals surface area contributed by atoms with E-state index in [1.807, 2.05) is 6.08 Å². The van der Waals surface area contributed by atoms with Crippen molar-refractivity contribution in [3.63, 3.8) is 0 Å². The highest BCUT2D eigenvalue weighted by Gasteiger charge is 2.07. The van der Waals surface area contributed by atoms with Crippen LogP contribution in [0.2, 0.25) is 0 Å². The van der Waals surface area contributed by atoms with Crippen LogP contribution in [0.25, 0.3) is 17.0 Å². The standard InChI is InChI=1S/C18H16N.ClH/c1-2-15-9-11-16(12-10-15)14-19-13-5-7-17-6-3-4-8-18(17)19;/h2-13H,1,14H2;1H/q+1;/p-1. The van der Waals surface area contributed by atoms with Gasteiger partial charge in [-0.3, -0.25) is 0 Å². The van der Waals surface area contributed by atoms with Gasteiger partial charge in [0.15, 0.2) is 12.7 Å². The minimum atomic E-state index is 0. The number of pyridine rings is 1. The largest absolute Gasteiger partial charge is 1.00 e. The van der Waals surface area contributed by atoms with Gasteiger partial charge < -0.3 is 12.4 Å². The molecule has 100 valence electrons. The predicted octanol–water partition coefficient (Wildman–Crippen LogP) is 0.823. The number of hydrogen-bond donors (Lipinski definition) is 0. The molecule has 0 saturated carbocycles. The zero-order chi connectivity index (χ0) is 13.1. The van der Waals surface area contributed by atoms with Gasteiger partial charge in [0.2, 0.25) is 5.52 Å². The Bertz CT molecular complexity index is 712. The monoisotopic (exact) mass is 281 g/mol. The van der Waals surface area contributed by atoms with Gasteiger partial charge in [0, 0.05) is 23.1 Å². The molecule has 0 spiro atoms. The first-order valence-electron chi connectivity index (χ1n) is 6.45. The minimum absolute atomic E-state index is 0. The van der Waals surface area contributed by atoms with Crippen molar-refractivity contribution in [1.29, 1.82) is 0 Å². The minimum Gasteiger partial charge on any atom is -1.00 e. The van der Waals surface area contributed by atoms with Crippen LogP contribution in [0.3, 0.4) is 0 Å². The third-order valence-corrected chi connectivity index (χ3v) is 3.36. The van der Waals surface area contributed by atoms with Gasteiger partial charge in [0.25, 0.3) is 0 Å². The first-order chi connectivity index (χ1) is 9.36. The van der Waals surface area contributed by atoms with E-state index >= 15 is 0 Å². The average molecular weight is 282 g/mol. The highest BCUT2D eigenvalue weighted by atomic mass is 35.5. The maximum absolute atomic E-state index is 3.78. The van der Waals surface area contributed by atoms with Crippen molar-refractivity contribution in [3.8, 4) is 0 Å². The second-order valence-electron chi connectivity index (χ2n) is 4.64. The fraction of sp³-hybridized carbons (Fsp3) is 0.0556. The number of fused-ring (bicyclic) bond motifs is 1. The summed E-state index contributed by atoms with van der Waals surface area (Å²) in [5.74, 6) is 0. The van der Waals surface area contributed by atoms with Crippen LogP contribution in [-0.2, 0) is 6.54 Å². The smallest absolute Gasteiger partial charge is 0.212 e. The molecule has 20 heavy (non-hydrogen) atoms. The zero-order valence-electron chi connectivity index (χ0n) is 11.2. The fourth-order valence-corrected chi connectivity index (χ4v) is 2.31. The SMILES string of the molecule is C=Cc1ccc(C[n+]2cccc3ccccc32)cc1.[Cl-]. The van der Waals surface area contributed by atoms with Crippen molar-refractivity contribution >= 4 is 17.0 Å². The van der Waals surface area contributed by atoms with Gasteiger partial charge in [-0.25, -0.2) is 0 Å². The summed E-state index contributed by atoms with van der Waals surface area (Å²) in [6.45, 7) is 4.67. The molecule has 0 aliphatic rings. The normalized spacial score (nSPS) is 10.0. The fourth-order valence-electron chi connectivity index (χ4n) is 2.31. The van der Waals surface area contributed by atoms with Crippen molar-refractivity contribution in [2.75, 3.05) is 0 Å². The van der Waals surface area contributed by atoms with Gasteiger partial charge in [-0.15, -0.1) is 0 Å². The molecule has 0 saturated heterocycles. The molecule has 0 aliphatic heterocycles. The lowest BCUT2D eigenvalue weighted by Gasteiger charge is -2.02. The lowest BCUT2D eigenvalue weighted by molar-refractivity contribution is -0.662. The lowest BCUT2D eigenvalue weighted by Crippen LogP contribution is -3.00. The number of halogens is 1. The van der Waals surface area contributed by atoms with Crippen LogP contribution in [0, 0.1) is 0 Å².